The van der Waals surface area contributed by atoms with Gasteiger partial charge in [0.1, 0.15) is 0 Å². The number of hydrogen-bond acceptors (Lipinski definition) is 6. The van der Waals surface area contributed by atoms with Gasteiger partial charge in [0.2, 0.25) is 0 Å². The van der Waals surface area contributed by atoms with Gasteiger partial charge in [0, 0.05) is 17.6 Å². The Morgan fingerprint density at radius 1 is 1.33 bits per heavy atom. The minimum Gasteiger partial charge on any atom is -0.316 e. The fraction of sp³-hybridized carbons (Fsp3) is 0.385. The van der Waals surface area contributed by atoms with Crippen molar-refractivity contribution in [2.75, 3.05) is 11.8 Å². The van der Waals surface area contributed by atoms with Gasteiger partial charge in [-0.1, -0.05) is 6.07 Å². The predicted molar refractivity (Wildman–Crippen MR) is 81.9 cm³/mol. The second-order valence-corrected chi connectivity index (χ2v) is 7.60. The Balaban J connectivity index is 1.79. The largest absolute Gasteiger partial charge is 0.316 e. The molecule has 1 aliphatic carbocycles. The van der Waals surface area contributed by atoms with E-state index in [0.717, 1.165) is 30.5 Å². The van der Waals surface area contributed by atoms with Gasteiger partial charge in [-0.2, -0.15) is 8.42 Å². The molecule has 0 aromatic carbocycles. The lowest BCUT2D eigenvalue weighted by molar-refractivity contribution is 0.597. The van der Waals surface area contributed by atoms with Crippen molar-refractivity contribution < 1.29 is 8.42 Å². The molecule has 1 aliphatic rings. The van der Waals surface area contributed by atoms with E-state index in [1.807, 2.05) is 7.05 Å². The Kier molecular flexibility index (Phi) is 3.92. The highest BCUT2D eigenvalue weighted by Crippen LogP contribution is 2.31. The molecular weight excluding hydrogens is 308 g/mol. The predicted octanol–water partition coefficient (Wildman–Crippen LogP) is 1.55. The van der Waals surface area contributed by atoms with Gasteiger partial charge in [-0.3, -0.25) is 4.72 Å². The number of fused-ring (bicyclic) bond motifs is 1. The molecule has 0 atom stereocenters. The average Bonchev–Trinajstić information content (AvgIpc) is 3.00. The van der Waals surface area contributed by atoms with Crippen LogP contribution < -0.4 is 10.0 Å². The number of aromatic nitrogens is 2. The molecule has 0 bridgehead atoms. The third-order valence-electron chi connectivity index (χ3n) is 3.27. The summed E-state index contributed by atoms with van der Waals surface area (Å²) in [5.41, 5.74) is 1.96. The number of pyridine rings is 1. The van der Waals surface area contributed by atoms with Crippen molar-refractivity contribution in [2.45, 2.75) is 30.8 Å². The maximum absolute atomic E-state index is 12.3. The van der Waals surface area contributed by atoms with Gasteiger partial charge in [0.25, 0.3) is 10.0 Å². The summed E-state index contributed by atoms with van der Waals surface area (Å²) in [5.74, 6) is 0. The number of aryl methyl sites for hydroxylation is 2. The van der Waals surface area contributed by atoms with Gasteiger partial charge >= 0.3 is 0 Å². The normalized spacial score (nSPS) is 14.1. The zero-order valence-corrected chi connectivity index (χ0v) is 13.2. The molecule has 112 valence electrons. The Morgan fingerprint density at radius 3 is 2.86 bits per heavy atom. The maximum Gasteiger partial charge on any atom is 0.281 e. The summed E-state index contributed by atoms with van der Waals surface area (Å²) in [5, 5.41) is 3.43. The molecule has 2 aromatic heterocycles. The summed E-state index contributed by atoms with van der Waals surface area (Å²) < 4.78 is 27.1. The van der Waals surface area contributed by atoms with E-state index in [1.54, 1.807) is 12.3 Å². The van der Waals surface area contributed by atoms with Crippen molar-refractivity contribution in [3.8, 4) is 0 Å². The van der Waals surface area contributed by atoms with E-state index in [2.05, 4.69) is 20.0 Å². The molecule has 0 radical (unpaired) electrons. The smallest absolute Gasteiger partial charge is 0.281 e. The van der Waals surface area contributed by atoms with E-state index < -0.39 is 10.0 Å². The molecule has 2 aromatic rings. The van der Waals surface area contributed by atoms with Crippen LogP contribution in [0.4, 0.5) is 5.13 Å². The number of hydrogen-bond donors (Lipinski definition) is 2. The van der Waals surface area contributed by atoms with E-state index in [-0.39, 0.29) is 5.03 Å². The van der Waals surface area contributed by atoms with E-state index >= 15 is 0 Å². The molecule has 3 rings (SSSR count). The first-order valence-corrected chi connectivity index (χ1v) is 8.99. The van der Waals surface area contributed by atoms with Gasteiger partial charge < -0.3 is 5.32 Å². The minimum absolute atomic E-state index is 0.0118. The molecule has 0 amide bonds. The zero-order valence-electron chi connectivity index (χ0n) is 11.6. The Hall–Kier alpha value is -1.51. The van der Waals surface area contributed by atoms with Crippen LogP contribution in [0.25, 0.3) is 0 Å². The highest BCUT2D eigenvalue weighted by molar-refractivity contribution is 7.92. The molecule has 0 saturated carbocycles. The SMILES string of the molecule is CNCc1ccc(S(=O)(=O)Nc2nc3c(s2)CCC3)nc1. The Labute approximate surface area is 127 Å². The van der Waals surface area contributed by atoms with Crippen LogP contribution in [0.3, 0.4) is 0 Å². The molecule has 8 heteroatoms. The molecule has 6 nitrogen and oxygen atoms in total. The number of nitrogens with one attached hydrogen (secondary N) is 2. The number of nitrogens with zero attached hydrogens (tertiary/aromatic N) is 2. The van der Waals surface area contributed by atoms with Crippen LogP contribution in [0.5, 0.6) is 0 Å². The first-order chi connectivity index (χ1) is 10.1. The number of sulfonamides is 1. The lowest BCUT2D eigenvalue weighted by Gasteiger charge is -2.05. The van der Waals surface area contributed by atoms with Crippen molar-refractivity contribution in [3.05, 3.63) is 34.5 Å². The maximum atomic E-state index is 12.3. The summed E-state index contributed by atoms with van der Waals surface area (Å²) in [4.78, 5) is 9.54. The number of anilines is 1. The molecule has 21 heavy (non-hydrogen) atoms. The molecule has 0 saturated heterocycles. The topological polar surface area (TPSA) is 84.0 Å². The van der Waals surface area contributed by atoms with E-state index in [9.17, 15) is 8.42 Å². The number of thiazole rings is 1. The lowest BCUT2D eigenvalue weighted by Crippen LogP contribution is -2.15. The summed E-state index contributed by atoms with van der Waals surface area (Å²) in [6.45, 7) is 0.653. The van der Waals surface area contributed by atoms with Crippen LogP contribution >= 0.6 is 11.3 Å². The van der Waals surface area contributed by atoms with Crippen LogP contribution in [0.15, 0.2) is 23.4 Å². The van der Waals surface area contributed by atoms with Gasteiger partial charge in [0.05, 0.1) is 5.69 Å². The van der Waals surface area contributed by atoms with Crippen molar-refractivity contribution in [1.82, 2.24) is 15.3 Å². The third-order valence-corrected chi connectivity index (χ3v) is 5.73. The summed E-state index contributed by atoms with van der Waals surface area (Å²) in [6, 6.07) is 3.26. The molecular formula is C13H16N4O2S2. The quantitative estimate of drug-likeness (QED) is 0.872. The van der Waals surface area contributed by atoms with E-state index in [0.29, 0.717) is 11.7 Å². The summed E-state index contributed by atoms with van der Waals surface area (Å²) in [7, 11) is -1.84. The first kappa shape index (κ1) is 14.4. The van der Waals surface area contributed by atoms with Gasteiger partial charge in [-0.05, 0) is 37.9 Å². The monoisotopic (exact) mass is 324 g/mol. The molecule has 2 heterocycles. The third kappa shape index (κ3) is 3.07. The second kappa shape index (κ2) is 5.70. The summed E-state index contributed by atoms with van der Waals surface area (Å²) >= 11 is 1.42. The van der Waals surface area contributed by atoms with Crippen LogP contribution in [0.2, 0.25) is 0 Å². The Morgan fingerprint density at radius 2 is 2.19 bits per heavy atom. The number of rotatable bonds is 5. The standard InChI is InChI=1S/C13H16N4O2S2/c1-14-7-9-5-6-12(15-8-9)21(18,19)17-13-16-10-3-2-4-11(10)20-13/h5-6,8,14H,2-4,7H2,1H3,(H,16,17). The zero-order chi connectivity index (χ0) is 14.9. The molecule has 0 spiro atoms. The second-order valence-electron chi connectivity index (χ2n) is 4.88. The summed E-state index contributed by atoms with van der Waals surface area (Å²) in [6.07, 6.45) is 4.60. The van der Waals surface area contributed by atoms with E-state index in [4.69, 9.17) is 0 Å². The van der Waals surface area contributed by atoms with Crippen molar-refractivity contribution in [1.29, 1.82) is 0 Å². The first-order valence-electron chi connectivity index (χ1n) is 6.69. The lowest BCUT2D eigenvalue weighted by atomic mass is 10.3. The van der Waals surface area contributed by atoms with Crippen LogP contribution in [0.1, 0.15) is 22.6 Å². The van der Waals surface area contributed by atoms with Crippen molar-refractivity contribution >= 4 is 26.5 Å². The molecule has 0 aliphatic heterocycles. The van der Waals surface area contributed by atoms with Crippen LogP contribution in [0, 0.1) is 0 Å². The molecule has 2 N–H and O–H groups in total. The average molecular weight is 324 g/mol. The van der Waals surface area contributed by atoms with Gasteiger partial charge in [-0.15, -0.1) is 11.3 Å². The molecule has 0 fully saturated rings. The fourth-order valence-electron chi connectivity index (χ4n) is 2.28. The highest BCUT2D eigenvalue weighted by Gasteiger charge is 2.21. The minimum atomic E-state index is -3.67. The van der Waals surface area contributed by atoms with E-state index in [1.165, 1.54) is 22.3 Å². The molecule has 0 unspecified atom stereocenters. The van der Waals surface area contributed by atoms with Gasteiger partial charge in [0.15, 0.2) is 10.2 Å². The highest BCUT2D eigenvalue weighted by atomic mass is 32.2. The van der Waals surface area contributed by atoms with Crippen LogP contribution in [-0.2, 0) is 29.4 Å². The van der Waals surface area contributed by atoms with Gasteiger partial charge in [-0.25, -0.2) is 9.97 Å². The van der Waals surface area contributed by atoms with Crippen LogP contribution in [-0.4, -0.2) is 25.4 Å². The van der Waals surface area contributed by atoms with Crippen molar-refractivity contribution in [3.63, 3.8) is 0 Å². The Bertz CT molecular complexity index is 717. The fourth-order valence-corrected chi connectivity index (χ4v) is 4.50. The van der Waals surface area contributed by atoms with Crippen molar-refractivity contribution in [2.24, 2.45) is 0 Å².